The van der Waals surface area contributed by atoms with Gasteiger partial charge in [-0.2, -0.15) is 0 Å². The van der Waals surface area contributed by atoms with Crippen LogP contribution in [-0.2, 0) is 13.0 Å². The maximum Gasteiger partial charge on any atom is 0.251 e. The van der Waals surface area contributed by atoms with Gasteiger partial charge in [-0.05, 0) is 74.6 Å². The molecule has 0 saturated heterocycles. The fourth-order valence-corrected chi connectivity index (χ4v) is 4.70. The maximum atomic E-state index is 12.2. The van der Waals surface area contributed by atoms with Crippen molar-refractivity contribution in [3.8, 4) is 11.5 Å². The minimum atomic E-state index is -0.00882. The molecule has 0 saturated carbocycles. The summed E-state index contributed by atoms with van der Waals surface area (Å²) in [5.41, 5.74) is 4.03. The molecule has 0 bridgehead atoms. The lowest BCUT2D eigenvalue weighted by atomic mass is 10.1. The molecule has 4 aromatic rings. The zero-order valence-electron chi connectivity index (χ0n) is 23.1. The second-order valence-corrected chi connectivity index (χ2v) is 9.57. The van der Waals surface area contributed by atoms with Crippen molar-refractivity contribution in [3.63, 3.8) is 0 Å². The monoisotopic (exact) mass is 525 g/mol. The number of methoxy groups -OCH3 is 1. The number of amides is 1. The van der Waals surface area contributed by atoms with Gasteiger partial charge in [0.25, 0.3) is 5.91 Å². The van der Waals surface area contributed by atoms with Gasteiger partial charge in [-0.15, -0.1) is 0 Å². The van der Waals surface area contributed by atoms with Crippen molar-refractivity contribution in [3.05, 3.63) is 95.8 Å². The van der Waals surface area contributed by atoms with E-state index in [1.54, 1.807) is 7.11 Å². The Balaban J connectivity index is 1.23. The van der Waals surface area contributed by atoms with Crippen LogP contribution in [0, 0.1) is 0 Å². The lowest BCUT2D eigenvalue weighted by Crippen LogP contribution is -2.24. The molecule has 0 aliphatic carbocycles. The van der Waals surface area contributed by atoms with E-state index < -0.39 is 0 Å². The first-order chi connectivity index (χ1) is 19.2. The van der Waals surface area contributed by atoms with E-state index in [0.717, 1.165) is 73.5 Å². The Hall–Kier alpha value is -4.06. The molecule has 0 atom stereocenters. The van der Waals surface area contributed by atoms with Crippen LogP contribution < -0.4 is 14.8 Å². The van der Waals surface area contributed by atoms with E-state index in [0.29, 0.717) is 18.7 Å². The Labute approximate surface area is 231 Å². The number of carbonyl (C=O) groups is 1. The molecule has 204 valence electrons. The van der Waals surface area contributed by atoms with Crippen molar-refractivity contribution in [2.75, 3.05) is 20.3 Å². The van der Waals surface area contributed by atoms with E-state index in [1.807, 2.05) is 73.7 Å². The van der Waals surface area contributed by atoms with Gasteiger partial charge in [0.2, 0.25) is 0 Å². The minimum Gasteiger partial charge on any atom is -0.493 e. The average molecular weight is 526 g/mol. The van der Waals surface area contributed by atoms with Crippen molar-refractivity contribution in [1.29, 1.82) is 0 Å². The molecule has 4 rings (SSSR count). The summed E-state index contributed by atoms with van der Waals surface area (Å²) in [7, 11) is 1.67. The second kappa shape index (κ2) is 14.8. The quantitative estimate of drug-likeness (QED) is 0.168. The van der Waals surface area contributed by atoms with Crippen LogP contribution in [0.2, 0.25) is 0 Å². The van der Waals surface area contributed by atoms with Gasteiger partial charge < -0.3 is 19.4 Å². The molecular formula is C33H39N3O3. The standard InChI is InChI=1S/C33H39N3O3/c1-3-14-26-20-21-30(31(25-26)38-2)39-24-13-12-23-36-29-18-10-9-17-28(29)35-32(36)19-8-5-11-22-34-33(37)27-15-6-4-7-16-27/h3-4,6-7,9-10,14-18,20-21,25H,5,8,11-13,19,22-24H2,1-2H3,(H,34,37)/b14-3+. The Morgan fingerprint density at radius 1 is 0.923 bits per heavy atom. The molecule has 0 unspecified atom stereocenters. The fourth-order valence-electron chi connectivity index (χ4n) is 4.70. The van der Waals surface area contributed by atoms with Crippen LogP contribution >= 0.6 is 0 Å². The Kier molecular flexibility index (Phi) is 10.6. The first-order valence-electron chi connectivity index (χ1n) is 13.9. The Morgan fingerprint density at radius 3 is 2.56 bits per heavy atom. The number of nitrogens with zero attached hydrogens (tertiary/aromatic N) is 2. The first-order valence-corrected chi connectivity index (χ1v) is 13.9. The summed E-state index contributed by atoms with van der Waals surface area (Å²) < 4.78 is 13.9. The molecular weight excluding hydrogens is 486 g/mol. The Morgan fingerprint density at radius 2 is 1.74 bits per heavy atom. The SMILES string of the molecule is C/C=C/c1ccc(OCCCCn2c(CCCCCNC(=O)c3ccccc3)nc3ccccc32)c(OC)c1. The van der Waals surface area contributed by atoms with Crippen LogP contribution in [0.5, 0.6) is 11.5 Å². The number of rotatable bonds is 15. The third-order valence-corrected chi connectivity index (χ3v) is 6.71. The largest absolute Gasteiger partial charge is 0.493 e. The molecule has 3 aromatic carbocycles. The molecule has 0 spiro atoms. The van der Waals surface area contributed by atoms with Crippen molar-refractivity contribution in [1.82, 2.24) is 14.9 Å². The number of unbranched alkanes of at least 4 members (excludes halogenated alkanes) is 3. The predicted octanol–water partition coefficient (Wildman–Crippen LogP) is 7.08. The number of imidazole rings is 1. The summed E-state index contributed by atoms with van der Waals surface area (Å²) >= 11 is 0. The second-order valence-electron chi connectivity index (χ2n) is 9.57. The smallest absolute Gasteiger partial charge is 0.251 e. The lowest BCUT2D eigenvalue weighted by Gasteiger charge is -2.12. The molecule has 1 heterocycles. The number of para-hydroxylation sites is 2. The van der Waals surface area contributed by atoms with E-state index in [4.69, 9.17) is 14.5 Å². The molecule has 6 nitrogen and oxygen atoms in total. The lowest BCUT2D eigenvalue weighted by molar-refractivity contribution is 0.0953. The summed E-state index contributed by atoms with van der Waals surface area (Å²) in [4.78, 5) is 17.1. The van der Waals surface area contributed by atoms with Crippen LogP contribution in [0.15, 0.2) is 78.9 Å². The van der Waals surface area contributed by atoms with Gasteiger partial charge in [-0.25, -0.2) is 4.98 Å². The molecule has 0 fully saturated rings. The van der Waals surface area contributed by atoms with Gasteiger partial charge in [0.05, 0.1) is 24.8 Å². The van der Waals surface area contributed by atoms with Crippen LogP contribution in [0.1, 0.15) is 60.8 Å². The van der Waals surface area contributed by atoms with Crippen molar-refractivity contribution in [2.45, 2.75) is 52.0 Å². The van der Waals surface area contributed by atoms with E-state index in [2.05, 4.69) is 28.1 Å². The van der Waals surface area contributed by atoms with Gasteiger partial charge in [-0.3, -0.25) is 4.79 Å². The highest BCUT2D eigenvalue weighted by atomic mass is 16.5. The number of benzene rings is 3. The van der Waals surface area contributed by atoms with Crippen LogP contribution in [0.4, 0.5) is 0 Å². The van der Waals surface area contributed by atoms with Gasteiger partial charge in [0.15, 0.2) is 11.5 Å². The number of allylic oxidation sites excluding steroid dienone is 1. The highest BCUT2D eigenvalue weighted by Crippen LogP contribution is 2.29. The summed E-state index contributed by atoms with van der Waals surface area (Å²) in [5, 5.41) is 3.02. The number of nitrogens with one attached hydrogen (secondary N) is 1. The fraction of sp³-hybridized carbons (Fsp3) is 0.333. The number of ether oxygens (including phenoxy) is 2. The molecule has 0 radical (unpaired) electrons. The zero-order chi connectivity index (χ0) is 27.3. The third-order valence-electron chi connectivity index (χ3n) is 6.71. The predicted molar refractivity (Wildman–Crippen MR) is 158 cm³/mol. The number of carbonyl (C=O) groups excluding carboxylic acids is 1. The zero-order valence-corrected chi connectivity index (χ0v) is 23.1. The maximum absolute atomic E-state index is 12.2. The molecule has 0 aliphatic heterocycles. The van der Waals surface area contributed by atoms with Crippen molar-refractivity contribution < 1.29 is 14.3 Å². The minimum absolute atomic E-state index is 0.00882. The van der Waals surface area contributed by atoms with Gasteiger partial charge in [0, 0.05) is 25.1 Å². The normalized spacial score (nSPS) is 11.2. The number of fused-ring (bicyclic) bond motifs is 1. The van der Waals surface area contributed by atoms with Crippen molar-refractivity contribution >= 4 is 23.0 Å². The Bertz CT molecular complexity index is 1360. The summed E-state index contributed by atoms with van der Waals surface area (Å²) in [6.45, 7) is 4.23. The van der Waals surface area contributed by atoms with Crippen LogP contribution in [0.25, 0.3) is 17.1 Å². The van der Waals surface area contributed by atoms with E-state index in [9.17, 15) is 4.79 Å². The van der Waals surface area contributed by atoms with Gasteiger partial charge >= 0.3 is 0 Å². The van der Waals surface area contributed by atoms with Crippen molar-refractivity contribution in [2.24, 2.45) is 0 Å². The summed E-state index contributed by atoms with van der Waals surface area (Å²) in [5.74, 6) is 2.66. The number of aromatic nitrogens is 2. The number of aryl methyl sites for hydroxylation is 2. The number of hydrogen-bond acceptors (Lipinski definition) is 4. The van der Waals surface area contributed by atoms with E-state index >= 15 is 0 Å². The summed E-state index contributed by atoms with van der Waals surface area (Å²) in [6.07, 6.45) is 9.95. The average Bonchev–Trinajstić information content (AvgIpc) is 3.32. The van der Waals surface area contributed by atoms with Crippen LogP contribution in [-0.4, -0.2) is 35.7 Å². The third kappa shape index (κ3) is 7.96. The molecule has 6 heteroatoms. The van der Waals surface area contributed by atoms with Crippen LogP contribution in [0.3, 0.4) is 0 Å². The van der Waals surface area contributed by atoms with Gasteiger partial charge in [-0.1, -0.05) is 55.0 Å². The van der Waals surface area contributed by atoms with Gasteiger partial charge in [0.1, 0.15) is 5.82 Å². The van der Waals surface area contributed by atoms with E-state index in [1.165, 1.54) is 5.52 Å². The number of hydrogen-bond donors (Lipinski definition) is 1. The first kappa shape index (κ1) is 28.0. The molecule has 1 amide bonds. The highest BCUT2D eigenvalue weighted by Gasteiger charge is 2.11. The molecule has 39 heavy (non-hydrogen) atoms. The van der Waals surface area contributed by atoms with E-state index in [-0.39, 0.29) is 5.91 Å². The molecule has 0 aliphatic rings. The molecule has 1 N–H and O–H groups in total. The highest BCUT2D eigenvalue weighted by molar-refractivity contribution is 5.94. The summed E-state index contributed by atoms with van der Waals surface area (Å²) in [6, 6.07) is 23.7. The molecule has 1 aromatic heterocycles. The topological polar surface area (TPSA) is 65.4 Å².